The van der Waals surface area contributed by atoms with Crippen LogP contribution in [-0.4, -0.2) is 62.4 Å². The number of amides is 2. The van der Waals surface area contributed by atoms with Gasteiger partial charge in [-0.1, -0.05) is 5.16 Å². The molecular formula is C19H22FN5O3. The lowest BCUT2D eigenvalue weighted by molar-refractivity contribution is -0.130. The van der Waals surface area contributed by atoms with Gasteiger partial charge in [0.25, 0.3) is 5.91 Å². The Kier molecular flexibility index (Phi) is 5.06. The van der Waals surface area contributed by atoms with E-state index < -0.39 is 5.82 Å². The predicted octanol–water partition coefficient (Wildman–Crippen LogP) is 1.79. The van der Waals surface area contributed by atoms with Crippen molar-refractivity contribution in [2.24, 2.45) is 0 Å². The molecule has 0 radical (unpaired) electrons. The number of hydrogen-bond donors (Lipinski definition) is 0. The predicted molar refractivity (Wildman–Crippen MR) is 95.9 cm³/mol. The Balaban J connectivity index is 1.36. The van der Waals surface area contributed by atoms with Gasteiger partial charge in [0.15, 0.2) is 5.82 Å². The van der Waals surface area contributed by atoms with E-state index in [1.165, 1.54) is 19.1 Å². The van der Waals surface area contributed by atoms with Crippen LogP contribution in [0.4, 0.5) is 4.39 Å². The summed E-state index contributed by atoms with van der Waals surface area (Å²) in [5.41, 5.74) is 0.204. The average Bonchev–Trinajstić information content (AvgIpc) is 3.23. The summed E-state index contributed by atoms with van der Waals surface area (Å²) in [6, 6.07) is 2.52. The van der Waals surface area contributed by atoms with E-state index in [0.29, 0.717) is 50.1 Å². The number of hydrogen-bond acceptors (Lipinski definition) is 6. The molecule has 28 heavy (non-hydrogen) atoms. The van der Waals surface area contributed by atoms with Crippen LogP contribution in [0.15, 0.2) is 22.9 Å². The van der Waals surface area contributed by atoms with Crippen LogP contribution < -0.4 is 0 Å². The molecule has 3 heterocycles. The zero-order valence-corrected chi connectivity index (χ0v) is 15.7. The molecule has 1 aliphatic heterocycles. The highest BCUT2D eigenvalue weighted by molar-refractivity contribution is 5.92. The fourth-order valence-corrected chi connectivity index (χ4v) is 3.53. The lowest BCUT2D eigenvalue weighted by Crippen LogP contribution is -2.42. The highest BCUT2D eigenvalue weighted by Crippen LogP contribution is 2.38. The van der Waals surface area contributed by atoms with Gasteiger partial charge < -0.3 is 14.3 Å². The van der Waals surface area contributed by atoms with Crippen LogP contribution in [0.3, 0.4) is 0 Å². The lowest BCUT2D eigenvalue weighted by atomic mass is 10.2. The summed E-state index contributed by atoms with van der Waals surface area (Å²) >= 11 is 0. The van der Waals surface area contributed by atoms with Gasteiger partial charge in [0.1, 0.15) is 11.5 Å². The van der Waals surface area contributed by atoms with E-state index in [4.69, 9.17) is 4.52 Å². The summed E-state index contributed by atoms with van der Waals surface area (Å²) in [4.78, 5) is 36.4. The van der Waals surface area contributed by atoms with Crippen molar-refractivity contribution in [3.63, 3.8) is 0 Å². The van der Waals surface area contributed by atoms with E-state index in [-0.39, 0.29) is 23.6 Å². The zero-order valence-electron chi connectivity index (χ0n) is 15.7. The summed E-state index contributed by atoms with van der Waals surface area (Å²) < 4.78 is 18.3. The van der Waals surface area contributed by atoms with Gasteiger partial charge in [-0.25, -0.2) is 9.37 Å². The van der Waals surface area contributed by atoms with Gasteiger partial charge in [-0.2, -0.15) is 4.98 Å². The molecule has 2 aliphatic rings. The third kappa shape index (κ3) is 4.02. The Bertz CT molecular complexity index is 865. The SMILES string of the molecule is CC(=O)N(CCc1noc(C2CC2)n1)C1CCN(C(=O)c2ccc(F)cn2)C1. The second kappa shape index (κ2) is 7.65. The molecule has 2 aromatic heterocycles. The Morgan fingerprint density at radius 1 is 1.32 bits per heavy atom. The van der Waals surface area contributed by atoms with Crippen LogP contribution in [0, 0.1) is 5.82 Å². The monoisotopic (exact) mass is 387 g/mol. The minimum absolute atomic E-state index is 0.0508. The Morgan fingerprint density at radius 3 is 2.82 bits per heavy atom. The van der Waals surface area contributed by atoms with E-state index in [0.717, 1.165) is 19.0 Å². The number of likely N-dealkylation sites (tertiary alicyclic amines) is 1. The molecule has 9 heteroatoms. The first-order valence-electron chi connectivity index (χ1n) is 9.52. The third-order valence-electron chi connectivity index (χ3n) is 5.23. The summed E-state index contributed by atoms with van der Waals surface area (Å²) in [6.07, 6.45) is 4.42. The topological polar surface area (TPSA) is 92.4 Å². The quantitative estimate of drug-likeness (QED) is 0.750. The average molecular weight is 387 g/mol. The zero-order chi connectivity index (χ0) is 19.7. The maximum atomic E-state index is 13.0. The van der Waals surface area contributed by atoms with Gasteiger partial charge in [0, 0.05) is 38.9 Å². The Morgan fingerprint density at radius 2 is 2.14 bits per heavy atom. The summed E-state index contributed by atoms with van der Waals surface area (Å²) in [5, 5.41) is 4.00. The van der Waals surface area contributed by atoms with Gasteiger partial charge in [-0.05, 0) is 31.4 Å². The molecule has 0 N–H and O–H groups in total. The van der Waals surface area contributed by atoms with Crippen molar-refractivity contribution in [2.45, 2.75) is 44.6 Å². The number of aromatic nitrogens is 3. The number of rotatable bonds is 6. The van der Waals surface area contributed by atoms with Crippen LogP contribution in [0.1, 0.15) is 54.3 Å². The van der Waals surface area contributed by atoms with Gasteiger partial charge in [0.05, 0.1) is 12.2 Å². The van der Waals surface area contributed by atoms with Gasteiger partial charge in [0.2, 0.25) is 11.8 Å². The molecule has 1 saturated heterocycles. The van der Waals surface area contributed by atoms with Crippen molar-refractivity contribution in [3.05, 3.63) is 41.6 Å². The second-order valence-corrected chi connectivity index (χ2v) is 7.34. The molecule has 4 rings (SSSR count). The molecule has 1 unspecified atom stereocenters. The number of carbonyl (C=O) groups excluding carboxylic acids is 2. The van der Waals surface area contributed by atoms with Crippen LogP contribution in [0.2, 0.25) is 0 Å². The molecule has 2 fully saturated rings. The molecule has 1 aliphatic carbocycles. The van der Waals surface area contributed by atoms with Crippen LogP contribution in [-0.2, 0) is 11.2 Å². The van der Waals surface area contributed by atoms with Crippen LogP contribution in [0.25, 0.3) is 0 Å². The maximum Gasteiger partial charge on any atom is 0.272 e. The molecule has 2 aromatic rings. The molecule has 2 amide bonds. The van der Waals surface area contributed by atoms with Gasteiger partial charge in [-0.15, -0.1) is 0 Å². The number of halogens is 1. The number of nitrogens with zero attached hydrogens (tertiary/aromatic N) is 5. The normalized spacial score (nSPS) is 19.1. The van der Waals surface area contributed by atoms with Crippen LogP contribution in [0.5, 0.6) is 0 Å². The van der Waals surface area contributed by atoms with Crippen molar-refractivity contribution in [2.75, 3.05) is 19.6 Å². The van der Waals surface area contributed by atoms with Crippen molar-refractivity contribution in [1.29, 1.82) is 0 Å². The van der Waals surface area contributed by atoms with Crippen molar-refractivity contribution < 1.29 is 18.5 Å². The number of pyridine rings is 1. The van der Waals surface area contributed by atoms with E-state index in [1.807, 2.05) is 0 Å². The fraction of sp³-hybridized carbons (Fsp3) is 0.526. The smallest absolute Gasteiger partial charge is 0.272 e. The molecule has 8 nitrogen and oxygen atoms in total. The summed E-state index contributed by atoms with van der Waals surface area (Å²) in [6.45, 7) is 2.95. The molecule has 1 atom stereocenters. The Hall–Kier alpha value is -2.84. The highest BCUT2D eigenvalue weighted by atomic mass is 19.1. The summed E-state index contributed by atoms with van der Waals surface area (Å²) in [5.74, 6) is 0.913. The van der Waals surface area contributed by atoms with Crippen molar-refractivity contribution in [1.82, 2.24) is 24.9 Å². The van der Waals surface area contributed by atoms with E-state index in [2.05, 4.69) is 15.1 Å². The van der Waals surface area contributed by atoms with Crippen molar-refractivity contribution >= 4 is 11.8 Å². The van der Waals surface area contributed by atoms with Crippen molar-refractivity contribution in [3.8, 4) is 0 Å². The molecule has 0 spiro atoms. The maximum absolute atomic E-state index is 13.0. The third-order valence-corrected chi connectivity index (χ3v) is 5.23. The first-order valence-corrected chi connectivity index (χ1v) is 9.52. The van der Waals surface area contributed by atoms with E-state index >= 15 is 0 Å². The van der Waals surface area contributed by atoms with Gasteiger partial charge in [-0.3, -0.25) is 9.59 Å². The minimum atomic E-state index is -0.482. The Labute approximate surface area is 161 Å². The minimum Gasteiger partial charge on any atom is -0.339 e. The lowest BCUT2D eigenvalue weighted by Gasteiger charge is -2.27. The van der Waals surface area contributed by atoms with Gasteiger partial charge >= 0.3 is 0 Å². The van der Waals surface area contributed by atoms with Crippen LogP contribution >= 0.6 is 0 Å². The standard InChI is InChI=1S/C19H22FN5O3/c1-12(26)25(9-7-17-22-18(28-23-17)13-2-3-13)15-6-8-24(11-15)19(27)16-5-4-14(20)10-21-16/h4-5,10,13,15H,2-3,6-9,11H2,1H3. The number of carbonyl (C=O) groups is 2. The van der Waals surface area contributed by atoms with E-state index in [9.17, 15) is 14.0 Å². The largest absolute Gasteiger partial charge is 0.339 e. The molecule has 1 saturated carbocycles. The first kappa shape index (κ1) is 18.5. The second-order valence-electron chi connectivity index (χ2n) is 7.34. The molecular weight excluding hydrogens is 365 g/mol. The molecule has 0 bridgehead atoms. The summed E-state index contributed by atoms with van der Waals surface area (Å²) in [7, 11) is 0. The van der Waals surface area contributed by atoms with E-state index in [1.54, 1.807) is 9.80 Å². The molecule has 148 valence electrons. The first-order chi connectivity index (χ1) is 13.5. The highest BCUT2D eigenvalue weighted by Gasteiger charge is 2.33. The fourth-order valence-electron chi connectivity index (χ4n) is 3.53. The molecule has 0 aromatic carbocycles.